The monoisotopic (exact) mass is 346 g/mol. The van der Waals surface area contributed by atoms with Crippen LogP contribution in [0.25, 0.3) is 0 Å². The van der Waals surface area contributed by atoms with Gasteiger partial charge in [0.2, 0.25) is 0 Å². The van der Waals surface area contributed by atoms with Gasteiger partial charge in [-0.2, -0.15) is 0 Å². The van der Waals surface area contributed by atoms with E-state index in [1.165, 1.54) is 75.5 Å². The van der Waals surface area contributed by atoms with Gasteiger partial charge >= 0.3 is 0 Å². The van der Waals surface area contributed by atoms with E-state index in [0.717, 1.165) is 36.2 Å². The summed E-state index contributed by atoms with van der Waals surface area (Å²) in [5.74, 6) is 1.32. The molecule has 1 fully saturated rings. The molecule has 0 amide bonds. The van der Waals surface area contributed by atoms with Gasteiger partial charge < -0.3 is 0 Å². The van der Waals surface area contributed by atoms with E-state index in [9.17, 15) is 8.78 Å². The van der Waals surface area contributed by atoms with Gasteiger partial charge in [0, 0.05) is 0 Å². The van der Waals surface area contributed by atoms with Crippen LogP contribution in [0, 0.1) is 29.4 Å². The lowest BCUT2D eigenvalue weighted by Crippen LogP contribution is -2.14. The summed E-state index contributed by atoms with van der Waals surface area (Å²) in [6.45, 7) is 2.39. The van der Waals surface area contributed by atoms with Crippen LogP contribution in [0.4, 0.5) is 8.78 Å². The summed E-state index contributed by atoms with van der Waals surface area (Å²) in [6.07, 6.45) is 16.5. The highest BCUT2D eigenvalue weighted by atomic mass is 19.2. The smallest absolute Gasteiger partial charge is 0.159 e. The minimum absolute atomic E-state index is 0.729. The molecule has 1 atom stereocenters. The predicted octanol–water partition coefficient (Wildman–Crippen LogP) is 7.23. The third kappa shape index (κ3) is 5.66. The van der Waals surface area contributed by atoms with Crippen molar-refractivity contribution >= 4 is 0 Å². The summed E-state index contributed by atoms with van der Waals surface area (Å²) in [6, 6.07) is 4.28. The summed E-state index contributed by atoms with van der Waals surface area (Å²) >= 11 is 0. The molecular weight excluding hydrogens is 314 g/mol. The molecule has 0 aromatic heterocycles. The van der Waals surface area contributed by atoms with Crippen LogP contribution < -0.4 is 0 Å². The first kappa shape index (κ1) is 18.6. The van der Waals surface area contributed by atoms with Crippen LogP contribution >= 0.6 is 0 Å². The van der Waals surface area contributed by atoms with E-state index in [-0.39, 0.29) is 0 Å². The number of halogens is 2. The van der Waals surface area contributed by atoms with E-state index < -0.39 is 11.6 Å². The van der Waals surface area contributed by atoms with Gasteiger partial charge in [0.1, 0.15) is 0 Å². The van der Waals surface area contributed by atoms with Gasteiger partial charge in [0.25, 0.3) is 0 Å². The minimum atomic E-state index is -0.754. The summed E-state index contributed by atoms with van der Waals surface area (Å²) < 4.78 is 26.2. The van der Waals surface area contributed by atoms with Gasteiger partial charge in [-0.3, -0.25) is 0 Å². The molecule has 1 aromatic carbocycles. The van der Waals surface area contributed by atoms with Crippen molar-refractivity contribution < 1.29 is 8.78 Å². The first-order valence-corrected chi connectivity index (χ1v) is 10.2. The maximum absolute atomic E-state index is 13.3. The van der Waals surface area contributed by atoms with Crippen LogP contribution in [0.5, 0.6) is 0 Å². The highest BCUT2D eigenvalue weighted by Crippen LogP contribution is 2.35. The van der Waals surface area contributed by atoms with E-state index in [0.29, 0.717) is 0 Å². The molecule has 0 heterocycles. The highest BCUT2D eigenvalue weighted by Gasteiger charge is 2.20. The number of rotatable bonds is 6. The zero-order valence-corrected chi connectivity index (χ0v) is 15.6. The third-order valence-corrected chi connectivity index (χ3v) is 6.45. The lowest BCUT2D eigenvalue weighted by Gasteiger charge is -2.28. The van der Waals surface area contributed by atoms with Crippen molar-refractivity contribution in [3.63, 3.8) is 0 Å². The Balaban J connectivity index is 1.38. The van der Waals surface area contributed by atoms with Gasteiger partial charge in [-0.15, -0.1) is 0 Å². The maximum atomic E-state index is 13.3. The zero-order valence-electron chi connectivity index (χ0n) is 15.6. The Bertz CT molecular complexity index is 582. The quantitative estimate of drug-likeness (QED) is 0.477. The minimum Gasteiger partial charge on any atom is -0.204 e. The van der Waals surface area contributed by atoms with Crippen molar-refractivity contribution in [2.24, 2.45) is 17.8 Å². The summed E-state index contributed by atoms with van der Waals surface area (Å²) in [5.41, 5.74) is 2.40. The van der Waals surface area contributed by atoms with Crippen molar-refractivity contribution in [1.82, 2.24) is 0 Å². The molecule has 3 rings (SSSR count). The van der Waals surface area contributed by atoms with Crippen molar-refractivity contribution in [1.29, 1.82) is 0 Å². The number of aryl methyl sites for hydroxylation is 1. The normalized spacial score (nSPS) is 27.2. The Morgan fingerprint density at radius 2 is 1.64 bits per heavy atom. The van der Waals surface area contributed by atoms with Gasteiger partial charge in [0.15, 0.2) is 11.6 Å². The zero-order chi connectivity index (χ0) is 17.6. The molecule has 25 heavy (non-hydrogen) atoms. The molecule has 0 bridgehead atoms. The number of hydrogen-bond donors (Lipinski definition) is 0. The molecule has 1 saturated carbocycles. The van der Waals surface area contributed by atoms with E-state index in [2.05, 4.69) is 13.0 Å². The molecule has 0 spiro atoms. The topological polar surface area (TPSA) is 0 Å². The van der Waals surface area contributed by atoms with Crippen LogP contribution in [0.3, 0.4) is 0 Å². The molecular formula is C23H32F2. The van der Waals surface area contributed by atoms with Crippen molar-refractivity contribution in [3.05, 3.63) is 47.0 Å². The molecule has 0 nitrogen and oxygen atoms in total. The van der Waals surface area contributed by atoms with Crippen LogP contribution in [-0.2, 0) is 6.42 Å². The van der Waals surface area contributed by atoms with E-state index in [1.807, 2.05) is 0 Å². The third-order valence-electron chi connectivity index (χ3n) is 6.45. The van der Waals surface area contributed by atoms with Crippen molar-refractivity contribution in [2.45, 2.75) is 77.6 Å². The second-order valence-electron chi connectivity index (χ2n) is 8.45. The first-order valence-electron chi connectivity index (χ1n) is 10.2. The van der Waals surface area contributed by atoms with Crippen LogP contribution in [-0.4, -0.2) is 0 Å². The molecule has 0 radical (unpaired) electrons. The number of hydrogen-bond acceptors (Lipinski definition) is 0. The molecule has 138 valence electrons. The van der Waals surface area contributed by atoms with Crippen molar-refractivity contribution in [2.75, 3.05) is 0 Å². The summed E-state index contributed by atoms with van der Waals surface area (Å²) in [5, 5.41) is 0. The molecule has 0 saturated heterocycles. The molecule has 2 heteroatoms. The van der Waals surface area contributed by atoms with Crippen LogP contribution in [0.2, 0.25) is 0 Å². The SMILES string of the molecule is C[C@H]1CC[C@H](CCC2CC=C(CCc3ccc(F)c(F)c3)CC2)CC1. The van der Waals surface area contributed by atoms with Gasteiger partial charge in [-0.05, 0) is 74.0 Å². The predicted molar refractivity (Wildman–Crippen MR) is 100 cm³/mol. The fourth-order valence-corrected chi connectivity index (χ4v) is 4.52. The Morgan fingerprint density at radius 1 is 0.880 bits per heavy atom. The molecule has 0 N–H and O–H groups in total. The summed E-state index contributed by atoms with van der Waals surface area (Å²) in [4.78, 5) is 0. The second-order valence-corrected chi connectivity index (χ2v) is 8.45. The Hall–Kier alpha value is -1.18. The van der Waals surface area contributed by atoms with E-state index >= 15 is 0 Å². The number of allylic oxidation sites excluding steroid dienone is 2. The van der Waals surface area contributed by atoms with Crippen LogP contribution in [0.1, 0.15) is 76.7 Å². The number of benzene rings is 1. The second kappa shape index (κ2) is 8.96. The lowest BCUT2D eigenvalue weighted by molar-refractivity contribution is 0.256. The summed E-state index contributed by atoms with van der Waals surface area (Å²) in [7, 11) is 0. The molecule has 2 aliphatic rings. The lowest BCUT2D eigenvalue weighted by atomic mass is 9.78. The van der Waals surface area contributed by atoms with E-state index in [1.54, 1.807) is 6.07 Å². The Labute approximate surface area is 151 Å². The fourth-order valence-electron chi connectivity index (χ4n) is 4.52. The first-order chi connectivity index (χ1) is 12.1. The van der Waals surface area contributed by atoms with Crippen LogP contribution in [0.15, 0.2) is 29.8 Å². The average molecular weight is 347 g/mol. The molecule has 2 aliphatic carbocycles. The van der Waals surface area contributed by atoms with Crippen molar-refractivity contribution in [3.8, 4) is 0 Å². The van der Waals surface area contributed by atoms with E-state index in [4.69, 9.17) is 0 Å². The molecule has 1 unspecified atom stereocenters. The van der Waals surface area contributed by atoms with Gasteiger partial charge in [-0.25, -0.2) is 8.78 Å². The Morgan fingerprint density at radius 3 is 2.32 bits per heavy atom. The average Bonchev–Trinajstić information content (AvgIpc) is 2.63. The Kier molecular flexibility index (Phi) is 6.67. The van der Waals surface area contributed by atoms with Gasteiger partial charge in [-0.1, -0.05) is 56.7 Å². The largest absolute Gasteiger partial charge is 0.204 e. The maximum Gasteiger partial charge on any atom is 0.159 e. The molecule has 1 aromatic rings. The standard InChI is InChI=1S/C23H32F2/c1-17-2-4-18(5-3-17)6-7-19-8-10-20(11-9-19)12-13-21-14-15-22(24)23(25)16-21/h10,14-19H,2-9,11-13H2,1H3/t17-,18-,19?. The highest BCUT2D eigenvalue weighted by molar-refractivity contribution is 5.19. The fraction of sp³-hybridized carbons (Fsp3) is 0.652. The molecule has 0 aliphatic heterocycles. The van der Waals surface area contributed by atoms with Gasteiger partial charge in [0.05, 0.1) is 0 Å².